The molecule has 0 saturated heterocycles. The number of hydrogen-bond acceptors (Lipinski definition) is 2. The van der Waals surface area contributed by atoms with Gasteiger partial charge in [-0.05, 0) is 44.7 Å². The molecule has 1 aliphatic carbocycles. The molecule has 0 aromatic carbocycles. The van der Waals surface area contributed by atoms with Gasteiger partial charge in [-0.1, -0.05) is 6.92 Å². The van der Waals surface area contributed by atoms with Crippen molar-refractivity contribution in [1.29, 1.82) is 0 Å². The maximum atomic E-state index is 5.62. The van der Waals surface area contributed by atoms with Crippen LogP contribution in [0.15, 0.2) is 0 Å². The summed E-state index contributed by atoms with van der Waals surface area (Å²) in [7, 11) is 2.00. The van der Waals surface area contributed by atoms with E-state index in [2.05, 4.69) is 12.2 Å². The van der Waals surface area contributed by atoms with Gasteiger partial charge in [-0.15, -0.1) is 0 Å². The molecule has 1 aliphatic rings. The van der Waals surface area contributed by atoms with E-state index >= 15 is 0 Å². The van der Waals surface area contributed by atoms with Crippen molar-refractivity contribution in [3.63, 3.8) is 0 Å². The fourth-order valence-electron chi connectivity index (χ4n) is 1.30. The third-order valence-electron chi connectivity index (χ3n) is 2.47. The Bertz CT molecular complexity index is 112. The van der Waals surface area contributed by atoms with E-state index in [0.717, 1.165) is 25.7 Å². The zero-order chi connectivity index (χ0) is 8.81. The summed E-state index contributed by atoms with van der Waals surface area (Å²) in [6.45, 7) is 5.25. The van der Waals surface area contributed by atoms with Gasteiger partial charge in [0.2, 0.25) is 0 Å². The molecule has 1 unspecified atom stereocenters. The Morgan fingerprint density at radius 3 is 2.75 bits per heavy atom. The fraction of sp³-hybridized carbons (Fsp3) is 1.00. The molecule has 0 radical (unpaired) electrons. The van der Waals surface area contributed by atoms with Crippen LogP contribution in [0.4, 0.5) is 0 Å². The van der Waals surface area contributed by atoms with Gasteiger partial charge in [0.05, 0.1) is 6.61 Å². The molecule has 0 heterocycles. The Kier molecular flexibility index (Phi) is 4.62. The molecule has 1 N–H and O–H groups in total. The molecule has 0 spiro atoms. The molecule has 0 amide bonds. The van der Waals surface area contributed by atoms with Crippen molar-refractivity contribution in [2.75, 3.05) is 26.8 Å². The normalized spacial score (nSPS) is 19.5. The predicted molar refractivity (Wildman–Crippen MR) is 51.3 cm³/mol. The van der Waals surface area contributed by atoms with E-state index in [9.17, 15) is 0 Å². The highest BCUT2D eigenvalue weighted by molar-refractivity contribution is 4.72. The van der Waals surface area contributed by atoms with Crippen LogP contribution >= 0.6 is 0 Å². The summed E-state index contributed by atoms with van der Waals surface area (Å²) in [6, 6.07) is 0. The summed E-state index contributed by atoms with van der Waals surface area (Å²) in [5.41, 5.74) is 0. The third kappa shape index (κ3) is 4.07. The maximum absolute atomic E-state index is 5.62. The number of nitrogens with one attached hydrogen (secondary N) is 1. The molecule has 1 saturated carbocycles. The molecule has 0 aliphatic heterocycles. The van der Waals surface area contributed by atoms with Gasteiger partial charge in [0.15, 0.2) is 0 Å². The number of hydrogen-bond donors (Lipinski definition) is 1. The van der Waals surface area contributed by atoms with Gasteiger partial charge in [-0.3, -0.25) is 0 Å². The van der Waals surface area contributed by atoms with E-state index in [4.69, 9.17) is 4.74 Å². The molecule has 2 nitrogen and oxygen atoms in total. The summed E-state index contributed by atoms with van der Waals surface area (Å²) in [4.78, 5) is 0. The van der Waals surface area contributed by atoms with Crippen LogP contribution in [0.1, 0.15) is 26.2 Å². The minimum atomic E-state index is 0.703. The van der Waals surface area contributed by atoms with E-state index in [-0.39, 0.29) is 0 Å². The van der Waals surface area contributed by atoms with Crippen molar-refractivity contribution < 1.29 is 4.74 Å². The van der Waals surface area contributed by atoms with Crippen molar-refractivity contribution in [1.82, 2.24) is 5.32 Å². The average molecular weight is 171 g/mol. The minimum Gasteiger partial charge on any atom is -0.381 e. The lowest BCUT2D eigenvalue weighted by Gasteiger charge is -2.13. The Balaban J connectivity index is 1.93. The van der Waals surface area contributed by atoms with Crippen molar-refractivity contribution >= 4 is 0 Å². The lowest BCUT2D eigenvalue weighted by molar-refractivity contribution is 0.0901. The Morgan fingerprint density at radius 2 is 2.25 bits per heavy atom. The second-order valence-corrected chi connectivity index (χ2v) is 3.81. The van der Waals surface area contributed by atoms with E-state index in [1.54, 1.807) is 0 Å². The van der Waals surface area contributed by atoms with Crippen LogP contribution < -0.4 is 5.32 Å². The van der Waals surface area contributed by atoms with Gasteiger partial charge in [-0.2, -0.15) is 0 Å². The molecule has 72 valence electrons. The Hall–Kier alpha value is -0.0800. The summed E-state index contributed by atoms with van der Waals surface area (Å²) in [5.74, 6) is 1.60. The first-order valence-corrected chi connectivity index (χ1v) is 5.09. The lowest BCUT2D eigenvalue weighted by atomic mass is 10.1. The molecule has 2 heteroatoms. The Morgan fingerprint density at radius 1 is 1.50 bits per heavy atom. The van der Waals surface area contributed by atoms with Crippen molar-refractivity contribution in [3.05, 3.63) is 0 Å². The summed E-state index contributed by atoms with van der Waals surface area (Å²) >= 11 is 0. The first-order chi connectivity index (χ1) is 5.86. The maximum Gasteiger partial charge on any atom is 0.0506 e. The topological polar surface area (TPSA) is 21.3 Å². The zero-order valence-corrected chi connectivity index (χ0v) is 8.31. The minimum absolute atomic E-state index is 0.703. The average Bonchev–Trinajstić information content (AvgIpc) is 2.87. The molecule has 1 atom stereocenters. The van der Waals surface area contributed by atoms with Crippen LogP contribution in [0.5, 0.6) is 0 Å². The lowest BCUT2D eigenvalue weighted by Crippen LogP contribution is -2.22. The van der Waals surface area contributed by atoms with Gasteiger partial charge < -0.3 is 10.1 Å². The summed E-state index contributed by atoms with van der Waals surface area (Å²) < 4.78 is 5.62. The SMILES string of the molecule is CCC(CNC)COCC1CC1. The van der Waals surface area contributed by atoms with Crippen LogP contribution in [0.25, 0.3) is 0 Å². The van der Waals surface area contributed by atoms with Gasteiger partial charge in [0, 0.05) is 6.61 Å². The first-order valence-electron chi connectivity index (χ1n) is 5.09. The van der Waals surface area contributed by atoms with Gasteiger partial charge in [0.25, 0.3) is 0 Å². The molecule has 12 heavy (non-hydrogen) atoms. The molecular weight excluding hydrogens is 150 g/mol. The highest BCUT2D eigenvalue weighted by Crippen LogP contribution is 2.28. The predicted octanol–water partition coefficient (Wildman–Crippen LogP) is 1.66. The quantitative estimate of drug-likeness (QED) is 0.629. The zero-order valence-electron chi connectivity index (χ0n) is 8.31. The van der Waals surface area contributed by atoms with E-state index < -0.39 is 0 Å². The van der Waals surface area contributed by atoms with E-state index in [0.29, 0.717) is 5.92 Å². The van der Waals surface area contributed by atoms with Crippen LogP contribution in [-0.2, 0) is 4.74 Å². The standard InChI is InChI=1S/C10H21NO/c1-3-9(6-11-2)7-12-8-10-4-5-10/h9-11H,3-8H2,1-2H3. The van der Waals surface area contributed by atoms with E-state index in [1.807, 2.05) is 7.05 Å². The van der Waals surface area contributed by atoms with E-state index in [1.165, 1.54) is 19.3 Å². The molecule has 0 aromatic rings. The number of rotatable bonds is 7. The number of ether oxygens (including phenoxy) is 1. The van der Waals surface area contributed by atoms with Gasteiger partial charge in [0.1, 0.15) is 0 Å². The first kappa shape index (κ1) is 10.0. The van der Waals surface area contributed by atoms with Crippen LogP contribution in [0.3, 0.4) is 0 Å². The molecule has 0 bridgehead atoms. The van der Waals surface area contributed by atoms with Crippen LogP contribution in [-0.4, -0.2) is 26.8 Å². The smallest absolute Gasteiger partial charge is 0.0506 e. The largest absolute Gasteiger partial charge is 0.381 e. The molecule has 1 rings (SSSR count). The van der Waals surface area contributed by atoms with Crippen LogP contribution in [0.2, 0.25) is 0 Å². The highest BCUT2D eigenvalue weighted by Gasteiger charge is 2.21. The summed E-state index contributed by atoms with van der Waals surface area (Å²) in [6.07, 6.45) is 4.00. The fourth-order valence-corrected chi connectivity index (χ4v) is 1.30. The highest BCUT2D eigenvalue weighted by atomic mass is 16.5. The van der Waals surface area contributed by atoms with Crippen molar-refractivity contribution in [3.8, 4) is 0 Å². The third-order valence-corrected chi connectivity index (χ3v) is 2.47. The monoisotopic (exact) mass is 171 g/mol. The second kappa shape index (κ2) is 5.55. The van der Waals surface area contributed by atoms with Crippen molar-refractivity contribution in [2.45, 2.75) is 26.2 Å². The molecule has 0 aromatic heterocycles. The second-order valence-electron chi connectivity index (χ2n) is 3.81. The van der Waals surface area contributed by atoms with Crippen LogP contribution in [0, 0.1) is 11.8 Å². The summed E-state index contributed by atoms with van der Waals surface area (Å²) in [5, 5.41) is 3.19. The van der Waals surface area contributed by atoms with Crippen molar-refractivity contribution in [2.24, 2.45) is 11.8 Å². The molecular formula is C10H21NO. The van der Waals surface area contributed by atoms with Gasteiger partial charge in [-0.25, -0.2) is 0 Å². The van der Waals surface area contributed by atoms with Gasteiger partial charge >= 0.3 is 0 Å². The molecule has 1 fully saturated rings. The Labute approximate surface area is 75.7 Å².